The number of aryl methyl sites for hydroxylation is 2. The average molecular weight is 299 g/mol. The summed E-state index contributed by atoms with van der Waals surface area (Å²) < 4.78 is 5.36. The molecule has 0 fully saturated rings. The third-order valence-electron chi connectivity index (χ3n) is 3.51. The second kappa shape index (κ2) is 7.48. The van der Waals surface area contributed by atoms with Crippen molar-refractivity contribution in [3.05, 3.63) is 40.6 Å². The number of H-pyrrole nitrogens is 1. The standard InChI is InChI=1S/C16H21N5O/c1-11-5-6-15(22-2)12(8-11)10-19-7-3-4-14-13(9-17)16(18)21-20-14/h5-6,8,19H,3-4,7,10H2,1-2H3,(H3,18,20,21). The van der Waals surface area contributed by atoms with E-state index >= 15 is 0 Å². The normalized spacial score (nSPS) is 10.4. The van der Waals surface area contributed by atoms with E-state index in [1.165, 1.54) is 5.56 Å². The quantitative estimate of drug-likeness (QED) is 0.678. The minimum atomic E-state index is 0.273. The number of methoxy groups -OCH3 is 1. The van der Waals surface area contributed by atoms with E-state index in [1.54, 1.807) is 7.11 Å². The van der Waals surface area contributed by atoms with Crippen LogP contribution in [-0.4, -0.2) is 23.9 Å². The van der Waals surface area contributed by atoms with Crippen LogP contribution in [0.25, 0.3) is 0 Å². The zero-order valence-corrected chi connectivity index (χ0v) is 12.9. The predicted molar refractivity (Wildman–Crippen MR) is 85.5 cm³/mol. The first-order valence-electron chi connectivity index (χ1n) is 7.22. The summed E-state index contributed by atoms with van der Waals surface area (Å²) in [5, 5.41) is 19.1. The number of anilines is 1. The Morgan fingerprint density at radius 3 is 3.00 bits per heavy atom. The van der Waals surface area contributed by atoms with Crippen LogP contribution in [0.1, 0.15) is 28.8 Å². The zero-order chi connectivity index (χ0) is 15.9. The molecule has 1 heterocycles. The first-order valence-corrected chi connectivity index (χ1v) is 7.22. The van der Waals surface area contributed by atoms with E-state index in [-0.39, 0.29) is 5.82 Å². The fraction of sp³-hybridized carbons (Fsp3) is 0.375. The Balaban J connectivity index is 1.80. The molecule has 6 nitrogen and oxygen atoms in total. The molecular formula is C16H21N5O. The monoisotopic (exact) mass is 299 g/mol. The Morgan fingerprint density at radius 2 is 2.27 bits per heavy atom. The second-order valence-electron chi connectivity index (χ2n) is 5.17. The van der Waals surface area contributed by atoms with Crippen LogP contribution in [0.3, 0.4) is 0 Å². The maximum atomic E-state index is 9.00. The average Bonchev–Trinajstić information content (AvgIpc) is 2.87. The highest BCUT2D eigenvalue weighted by molar-refractivity contribution is 5.50. The summed E-state index contributed by atoms with van der Waals surface area (Å²) in [6, 6.07) is 8.22. The van der Waals surface area contributed by atoms with Crippen molar-refractivity contribution >= 4 is 5.82 Å². The number of nitrogens with zero attached hydrogens (tertiary/aromatic N) is 2. The van der Waals surface area contributed by atoms with Crippen molar-refractivity contribution in [2.75, 3.05) is 19.4 Å². The lowest BCUT2D eigenvalue weighted by molar-refractivity contribution is 0.407. The van der Waals surface area contributed by atoms with Gasteiger partial charge in [-0.25, -0.2) is 0 Å². The molecule has 0 bridgehead atoms. The molecule has 0 amide bonds. The molecule has 0 atom stereocenters. The molecule has 0 aliphatic carbocycles. The Morgan fingerprint density at radius 1 is 1.45 bits per heavy atom. The van der Waals surface area contributed by atoms with Gasteiger partial charge in [0.15, 0.2) is 5.82 Å². The van der Waals surface area contributed by atoms with E-state index in [2.05, 4.69) is 34.6 Å². The molecule has 0 saturated heterocycles. The van der Waals surface area contributed by atoms with E-state index in [9.17, 15) is 0 Å². The summed E-state index contributed by atoms with van der Waals surface area (Å²) in [5.41, 5.74) is 9.23. The van der Waals surface area contributed by atoms with Gasteiger partial charge in [0.2, 0.25) is 0 Å². The van der Waals surface area contributed by atoms with Gasteiger partial charge in [0, 0.05) is 12.1 Å². The van der Waals surface area contributed by atoms with Gasteiger partial charge in [-0.3, -0.25) is 5.10 Å². The largest absolute Gasteiger partial charge is 0.496 e. The predicted octanol–water partition coefficient (Wildman–Crippen LogP) is 1.90. The number of benzene rings is 1. The number of hydrogen-bond acceptors (Lipinski definition) is 5. The van der Waals surface area contributed by atoms with Gasteiger partial charge in [-0.2, -0.15) is 10.4 Å². The van der Waals surface area contributed by atoms with Crippen molar-refractivity contribution in [3.8, 4) is 11.8 Å². The van der Waals surface area contributed by atoms with E-state index in [0.29, 0.717) is 5.56 Å². The SMILES string of the molecule is COc1ccc(C)cc1CNCCCc1[nH]nc(N)c1C#N. The van der Waals surface area contributed by atoms with Crippen molar-refractivity contribution in [2.45, 2.75) is 26.3 Å². The lowest BCUT2D eigenvalue weighted by atomic mass is 10.1. The molecule has 0 unspecified atom stereocenters. The topological polar surface area (TPSA) is 99.8 Å². The fourth-order valence-corrected chi connectivity index (χ4v) is 2.36. The van der Waals surface area contributed by atoms with Crippen LogP contribution >= 0.6 is 0 Å². The van der Waals surface area contributed by atoms with Gasteiger partial charge in [0.1, 0.15) is 17.4 Å². The number of nitriles is 1. The van der Waals surface area contributed by atoms with Crippen molar-refractivity contribution in [1.82, 2.24) is 15.5 Å². The van der Waals surface area contributed by atoms with Crippen LogP contribution < -0.4 is 15.8 Å². The number of aromatic nitrogens is 2. The van der Waals surface area contributed by atoms with Gasteiger partial charge in [-0.05, 0) is 32.4 Å². The third-order valence-corrected chi connectivity index (χ3v) is 3.51. The van der Waals surface area contributed by atoms with Gasteiger partial charge < -0.3 is 15.8 Å². The number of nitrogen functional groups attached to an aromatic ring is 1. The van der Waals surface area contributed by atoms with Crippen molar-refractivity contribution in [2.24, 2.45) is 0 Å². The minimum Gasteiger partial charge on any atom is -0.496 e. The van der Waals surface area contributed by atoms with Gasteiger partial charge in [-0.1, -0.05) is 17.7 Å². The summed E-state index contributed by atoms with van der Waals surface area (Å²) in [5.74, 6) is 1.17. The van der Waals surface area contributed by atoms with Crippen LogP contribution in [0, 0.1) is 18.3 Å². The summed E-state index contributed by atoms with van der Waals surface area (Å²) in [6.45, 7) is 3.65. The Kier molecular flexibility index (Phi) is 5.39. The molecule has 0 radical (unpaired) electrons. The van der Waals surface area contributed by atoms with E-state index in [4.69, 9.17) is 15.7 Å². The number of nitrogens with two attached hydrogens (primary N) is 1. The van der Waals surface area contributed by atoms with Crippen LogP contribution in [0.2, 0.25) is 0 Å². The lowest BCUT2D eigenvalue weighted by Gasteiger charge is -2.10. The maximum absolute atomic E-state index is 9.00. The Labute approximate surface area is 130 Å². The molecule has 1 aromatic carbocycles. The molecule has 6 heteroatoms. The molecule has 22 heavy (non-hydrogen) atoms. The third kappa shape index (κ3) is 3.77. The number of ether oxygens (including phenoxy) is 1. The first kappa shape index (κ1) is 15.9. The van der Waals surface area contributed by atoms with Crippen molar-refractivity contribution in [3.63, 3.8) is 0 Å². The molecule has 0 aliphatic heterocycles. The molecule has 4 N–H and O–H groups in total. The Hall–Kier alpha value is -2.52. The van der Waals surface area contributed by atoms with Crippen LogP contribution in [0.5, 0.6) is 5.75 Å². The van der Waals surface area contributed by atoms with Crippen LogP contribution in [0.4, 0.5) is 5.82 Å². The molecule has 0 spiro atoms. The van der Waals surface area contributed by atoms with Gasteiger partial charge in [-0.15, -0.1) is 0 Å². The van der Waals surface area contributed by atoms with Crippen LogP contribution in [0.15, 0.2) is 18.2 Å². The second-order valence-corrected chi connectivity index (χ2v) is 5.17. The van der Waals surface area contributed by atoms with Crippen LogP contribution in [-0.2, 0) is 13.0 Å². The molecule has 116 valence electrons. The van der Waals surface area contributed by atoms with Crippen molar-refractivity contribution < 1.29 is 4.74 Å². The number of nitrogens with one attached hydrogen (secondary N) is 2. The summed E-state index contributed by atoms with van der Waals surface area (Å²) in [4.78, 5) is 0. The molecule has 1 aromatic heterocycles. The highest BCUT2D eigenvalue weighted by Crippen LogP contribution is 2.19. The number of rotatable bonds is 7. The van der Waals surface area contributed by atoms with E-state index in [0.717, 1.165) is 42.9 Å². The summed E-state index contributed by atoms with van der Waals surface area (Å²) in [7, 11) is 1.68. The smallest absolute Gasteiger partial charge is 0.163 e. The molecule has 2 rings (SSSR count). The maximum Gasteiger partial charge on any atom is 0.163 e. The Bertz CT molecular complexity index is 672. The molecule has 0 saturated carbocycles. The zero-order valence-electron chi connectivity index (χ0n) is 12.9. The van der Waals surface area contributed by atoms with Crippen molar-refractivity contribution in [1.29, 1.82) is 5.26 Å². The number of aromatic amines is 1. The molecular weight excluding hydrogens is 278 g/mol. The lowest BCUT2D eigenvalue weighted by Crippen LogP contribution is -2.16. The highest BCUT2D eigenvalue weighted by Gasteiger charge is 2.09. The fourth-order valence-electron chi connectivity index (χ4n) is 2.36. The highest BCUT2D eigenvalue weighted by atomic mass is 16.5. The minimum absolute atomic E-state index is 0.273. The van der Waals surface area contributed by atoms with Gasteiger partial charge in [0.05, 0.1) is 12.8 Å². The summed E-state index contributed by atoms with van der Waals surface area (Å²) >= 11 is 0. The van der Waals surface area contributed by atoms with Gasteiger partial charge >= 0.3 is 0 Å². The summed E-state index contributed by atoms with van der Waals surface area (Å²) in [6.07, 6.45) is 1.63. The number of hydrogen-bond donors (Lipinski definition) is 3. The molecule has 2 aromatic rings. The van der Waals surface area contributed by atoms with Gasteiger partial charge in [0.25, 0.3) is 0 Å². The first-order chi connectivity index (χ1) is 10.7. The van der Waals surface area contributed by atoms with E-state index < -0.39 is 0 Å². The molecule has 0 aliphatic rings. The van der Waals surface area contributed by atoms with E-state index in [1.807, 2.05) is 12.1 Å².